The summed E-state index contributed by atoms with van der Waals surface area (Å²) >= 11 is 7.96. The molecule has 0 spiro atoms. The SMILES string of the molecule is Clc1cnccc1CN1CCCCC1c1nccs1. The smallest absolute Gasteiger partial charge is 0.110 e. The molecule has 2 aromatic heterocycles. The minimum absolute atomic E-state index is 0.443. The largest absolute Gasteiger partial charge is 0.290 e. The van der Waals surface area contributed by atoms with Crippen LogP contribution in [0.5, 0.6) is 0 Å². The molecule has 3 heterocycles. The van der Waals surface area contributed by atoms with Gasteiger partial charge >= 0.3 is 0 Å². The maximum Gasteiger partial charge on any atom is 0.110 e. The number of rotatable bonds is 3. The minimum atomic E-state index is 0.443. The van der Waals surface area contributed by atoms with E-state index in [0.717, 1.165) is 23.7 Å². The number of thiazole rings is 1. The third-order valence-corrected chi connectivity index (χ3v) is 4.80. The van der Waals surface area contributed by atoms with Crippen LogP contribution in [0, 0.1) is 0 Å². The number of hydrogen-bond donors (Lipinski definition) is 0. The van der Waals surface area contributed by atoms with Crippen molar-refractivity contribution in [2.75, 3.05) is 6.54 Å². The topological polar surface area (TPSA) is 29.0 Å². The Kier molecular flexibility index (Phi) is 4.11. The molecule has 0 N–H and O–H groups in total. The van der Waals surface area contributed by atoms with Gasteiger partial charge in [-0.3, -0.25) is 9.88 Å². The Bertz CT molecular complexity index is 529. The number of likely N-dealkylation sites (tertiary alicyclic amines) is 1. The number of nitrogens with zero attached hydrogens (tertiary/aromatic N) is 3. The van der Waals surface area contributed by atoms with Crippen molar-refractivity contribution in [2.24, 2.45) is 0 Å². The molecule has 2 aromatic rings. The Hall–Kier alpha value is -0.970. The van der Waals surface area contributed by atoms with E-state index < -0.39 is 0 Å². The lowest BCUT2D eigenvalue weighted by atomic mass is 10.0. The first-order valence-corrected chi connectivity index (χ1v) is 7.82. The van der Waals surface area contributed by atoms with E-state index in [0.29, 0.717) is 6.04 Å². The third-order valence-electron chi connectivity index (χ3n) is 3.58. The Morgan fingerprint density at radius 2 is 2.32 bits per heavy atom. The second-order valence-corrected chi connectivity index (χ2v) is 6.15. The molecule has 0 bridgehead atoms. The molecule has 5 heteroatoms. The maximum absolute atomic E-state index is 6.21. The second-order valence-electron chi connectivity index (χ2n) is 4.82. The fraction of sp³-hybridized carbons (Fsp3) is 0.429. The molecule has 0 aromatic carbocycles. The van der Waals surface area contributed by atoms with Gasteiger partial charge in [0, 0.05) is 30.5 Å². The fourth-order valence-electron chi connectivity index (χ4n) is 2.61. The van der Waals surface area contributed by atoms with E-state index >= 15 is 0 Å². The van der Waals surface area contributed by atoms with Crippen LogP contribution in [-0.2, 0) is 6.54 Å². The zero-order valence-electron chi connectivity index (χ0n) is 10.6. The summed E-state index contributed by atoms with van der Waals surface area (Å²) in [6.07, 6.45) is 9.15. The maximum atomic E-state index is 6.21. The molecule has 1 atom stereocenters. The van der Waals surface area contributed by atoms with Gasteiger partial charge in [-0.05, 0) is 31.0 Å². The highest BCUT2D eigenvalue weighted by molar-refractivity contribution is 7.09. The van der Waals surface area contributed by atoms with Crippen molar-refractivity contribution < 1.29 is 0 Å². The molecule has 1 unspecified atom stereocenters. The van der Waals surface area contributed by atoms with E-state index in [1.807, 2.05) is 18.5 Å². The zero-order valence-corrected chi connectivity index (χ0v) is 12.2. The van der Waals surface area contributed by atoms with E-state index in [4.69, 9.17) is 11.6 Å². The summed E-state index contributed by atoms with van der Waals surface area (Å²) in [5.74, 6) is 0. The van der Waals surface area contributed by atoms with Gasteiger partial charge in [-0.1, -0.05) is 18.0 Å². The summed E-state index contributed by atoms with van der Waals surface area (Å²) in [6, 6.07) is 2.45. The van der Waals surface area contributed by atoms with Crippen molar-refractivity contribution in [3.8, 4) is 0 Å². The van der Waals surface area contributed by atoms with Gasteiger partial charge in [0.05, 0.1) is 11.1 Å². The van der Waals surface area contributed by atoms with Crippen LogP contribution in [0.15, 0.2) is 30.0 Å². The summed E-state index contributed by atoms with van der Waals surface area (Å²) < 4.78 is 0. The van der Waals surface area contributed by atoms with Crippen molar-refractivity contribution in [1.82, 2.24) is 14.9 Å². The lowest BCUT2D eigenvalue weighted by Gasteiger charge is -2.34. The van der Waals surface area contributed by atoms with Gasteiger partial charge in [-0.25, -0.2) is 4.98 Å². The van der Waals surface area contributed by atoms with Crippen LogP contribution in [0.2, 0.25) is 5.02 Å². The summed E-state index contributed by atoms with van der Waals surface area (Å²) in [7, 11) is 0. The lowest BCUT2D eigenvalue weighted by molar-refractivity contribution is 0.140. The van der Waals surface area contributed by atoms with Crippen LogP contribution >= 0.6 is 22.9 Å². The Morgan fingerprint density at radius 3 is 3.11 bits per heavy atom. The molecule has 1 fully saturated rings. The minimum Gasteiger partial charge on any atom is -0.290 e. The first kappa shape index (κ1) is 13.0. The average Bonchev–Trinajstić information content (AvgIpc) is 2.96. The fourth-order valence-corrected chi connectivity index (χ4v) is 3.60. The van der Waals surface area contributed by atoms with E-state index in [1.165, 1.54) is 24.3 Å². The molecule has 0 amide bonds. The van der Waals surface area contributed by atoms with Crippen molar-refractivity contribution in [1.29, 1.82) is 0 Å². The van der Waals surface area contributed by atoms with Crippen LogP contribution in [-0.4, -0.2) is 21.4 Å². The molecule has 0 saturated carbocycles. The van der Waals surface area contributed by atoms with Crippen LogP contribution in [0.3, 0.4) is 0 Å². The number of aromatic nitrogens is 2. The molecular weight excluding hydrogens is 278 g/mol. The molecule has 19 heavy (non-hydrogen) atoms. The molecule has 1 aliphatic heterocycles. The van der Waals surface area contributed by atoms with Crippen molar-refractivity contribution in [3.63, 3.8) is 0 Å². The van der Waals surface area contributed by atoms with Crippen LogP contribution in [0.25, 0.3) is 0 Å². The molecular formula is C14H16ClN3S. The number of piperidine rings is 1. The highest BCUT2D eigenvalue weighted by Crippen LogP contribution is 2.33. The van der Waals surface area contributed by atoms with Gasteiger partial charge in [0.15, 0.2) is 0 Å². The predicted molar refractivity (Wildman–Crippen MR) is 78.4 cm³/mol. The first-order chi connectivity index (χ1) is 9.34. The molecule has 100 valence electrons. The monoisotopic (exact) mass is 293 g/mol. The van der Waals surface area contributed by atoms with Crippen LogP contribution in [0.1, 0.15) is 35.9 Å². The number of pyridine rings is 1. The van der Waals surface area contributed by atoms with Gasteiger partial charge in [-0.2, -0.15) is 0 Å². The average molecular weight is 294 g/mol. The highest BCUT2D eigenvalue weighted by Gasteiger charge is 2.26. The van der Waals surface area contributed by atoms with Crippen LogP contribution in [0.4, 0.5) is 0 Å². The molecule has 0 radical (unpaired) electrons. The molecule has 1 saturated heterocycles. The summed E-state index contributed by atoms with van der Waals surface area (Å²) in [4.78, 5) is 11.0. The van der Waals surface area contributed by atoms with Crippen molar-refractivity contribution in [2.45, 2.75) is 31.8 Å². The van der Waals surface area contributed by atoms with Gasteiger partial charge in [0.1, 0.15) is 5.01 Å². The van der Waals surface area contributed by atoms with Crippen molar-refractivity contribution >= 4 is 22.9 Å². The van der Waals surface area contributed by atoms with Crippen molar-refractivity contribution in [3.05, 3.63) is 45.6 Å². The molecule has 3 nitrogen and oxygen atoms in total. The van der Waals surface area contributed by atoms with Gasteiger partial charge in [0.2, 0.25) is 0 Å². The lowest BCUT2D eigenvalue weighted by Crippen LogP contribution is -2.32. The van der Waals surface area contributed by atoms with Crippen LogP contribution < -0.4 is 0 Å². The van der Waals surface area contributed by atoms with Gasteiger partial charge in [0.25, 0.3) is 0 Å². The Balaban J connectivity index is 1.80. The highest BCUT2D eigenvalue weighted by atomic mass is 35.5. The summed E-state index contributed by atoms with van der Waals surface area (Å²) in [5, 5.41) is 4.04. The quantitative estimate of drug-likeness (QED) is 0.859. The van der Waals surface area contributed by atoms with Gasteiger partial charge in [-0.15, -0.1) is 11.3 Å². The Labute approximate surface area is 122 Å². The summed E-state index contributed by atoms with van der Waals surface area (Å²) in [6.45, 7) is 1.99. The first-order valence-electron chi connectivity index (χ1n) is 6.56. The van der Waals surface area contributed by atoms with Gasteiger partial charge < -0.3 is 0 Å². The predicted octanol–water partition coefficient (Wildman–Crippen LogP) is 3.92. The Morgan fingerprint density at radius 1 is 1.37 bits per heavy atom. The van der Waals surface area contributed by atoms with E-state index in [1.54, 1.807) is 17.5 Å². The molecule has 1 aliphatic rings. The van der Waals surface area contributed by atoms with E-state index in [9.17, 15) is 0 Å². The zero-order chi connectivity index (χ0) is 13.1. The second kappa shape index (κ2) is 5.99. The van der Waals surface area contributed by atoms with E-state index in [2.05, 4.69) is 20.2 Å². The molecule has 0 aliphatic carbocycles. The third kappa shape index (κ3) is 2.96. The standard InChI is InChI=1S/C14H16ClN3S/c15-12-9-16-5-4-11(12)10-18-7-2-1-3-13(18)14-17-6-8-19-14/h4-6,8-9,13H,1-3,7,10H2. The normalized spacial score (nSPS) is 20.6. The number of halogens is 1. The molecule has 3 rings (SSSR count). The van der Waals surface area contributed by atoms with E-state index in [-0.39, 0.29) is 0 Å². The number of hydrogen-bond acceptors (Lipinski definition) is 4. The summed E-state index contributed by atoms with van der Waals surface area (Å²) in [5.41, 5.74) is 1.15.